The molecule has 0 bridgehead atoms. The molecule has 3 rings (SSSR count). The fraction of sp³-hybridized carbons (Fsp3) is 0.278. The highest BCUT2D eigenvalue weighted by atomic mass is 35.5. The van der Waals surface area contributed by atoms with Crippen LogP contribution in [0.25, 0.3) is 0 Å². The van der Waals surface area contributed by atoms with Crippen molar-refractivity contribution in [1.29, 1.82) is 0 Å². The lowest BCUT2D eigenvalue weighted by atomic mass is 9.97. The lowest BCUT2D eigenvalue weighted by Crippen LogP contribution is -2.46. The number of hydrogen-bond acceptors (Lipinski definition) is 5. The molecule has 0 aliphatic rings. The summed E-state index contributed by atoms with van der Waals surface area (Å²) in [7, 11) is 1.30. The van der Waals surface area contributed by atoms with Gasteiger partial charge in [0.25, 0.3) is 0 Å². The van der Waals surface area contributed by atoms with E-state index in [4.69, 9.17) is 11.6 Å². The van der Waals surface area contributed by atoms with Crippen molar-refractivity contribution < 1.29 is 23.1 Å². The van der Waals surface area contributed by atoms with Crippen LogP contribution >= 0.6 is 22.9 Å². The number of carbonyl (C=O) groups excluding carboxylic acids is 1. The molecule has 1 unspecified atom stereocenters. The maximum Gasteiger partial charge on any atom is 0.425 e. The van der Waals surface area contributed by atoms with Gasteiger partial charge in [0, 0.05) is 42.0 Å². The number of aromatic nitrogens is 3. The average molecular weight is 445 g/mol. The topological polar surface area (TPSA) is 80.0 Å². The van der Waals surface area contributed by atoms with Crippen molar-refractivity contribution >= 4 is 34.0 Å². The third kappa shape index (κ3) is 4.60. The first-order chi connectivity index (χ1) is 13.6. The summed E-state index contributed by atoms with van der Waals surface area (Å²) in [5.74, 6) is -1.70. The number of rotatable bonds is 6. The van der Waals surface area contributed by atoms with Crippen molar-refractivity contribution in [2.24, 2.45) is 7.05 Å². The van der Waals surface area contributed by atoms with Crippen molar-refractivity contribution in [3.63, 3.8) is 0 Å². The Balaban J connectivity index is 1.72. The van der Waals surface area contributed by atoms with E-state index in [0.717, 1.165) is 32.5 Å². The Morgan fingerprint density at radius 2 is 2.03 bits per heavy atom. The third-order valence-corrected chi connectivity index (χ3v) is 5.48. The van der Waals surface area contributed by atoms with E-state index >= 15 is 0 Å². The van der Waals surface area contributed by atoms with Gasteiger partial charge >= 0.3 is 6.18 Å². The number of aliphatic hydroxyl groups is 1. The number of halogens is 4. The Bertz CT molecular complexity index is 1020. The SMILES string of the molecule is Cn1ccnc1C(O)(CC(=O)Nc1ncc(Cc2ccccc2Cl)s1)C(F)(F)F. The van der Waals surface area contributed by atoms with Gasteiger partial charge in [0.1, 0.15) is 0 Å². The summed E-state index contributed by atoms with van der Waals surface area (Å²) in [5, 5.41) is 13.3. The van der Waals surface area contributed by atoms with Crippen molar-refractivity contribution in [2.45, 2.75) is 24.6 Å². The maximum atomic E-state index is 13.5. The van der Waals surface area contributed by atoms with Gasteiger partial charge in [0.05, 0.1) is 6.42 Å². The van der Waals surface area contributed by atoms with Gasteiger partial charge in [0.15, 0.2) is 11.0 Å². The van der Waals surface area contributed by atoms with Crippen LogP contribution in [0.2, 0.25) is 5.02 Å². The molecule has 154 valence electrons. The molecule has 1 amide bonds. The summed E-state index contributed by atoms with van der Waals surface area (Å²) in [6.45, 7) is 0. The number of carbonyl (C=O) groups is 1. The lowest BCUT2D eigenvalue weighted by molar-refractivity contribution is -0.270. The molecule has 0 aliphatic carbocycles. The number of alkyl halides is 3. The van der Waals surface area contributed by atoms with Crippen LogP contribution in [0, 0.1) is 0 Å². The van der Waals surface area contributed by atoms with E-state index < -0.39 is 29.9 Å². The van der Waals surface area contributed by atoms with E-state index in [2.05, 4.69) is 15.3 Å². The molecule has 3 aromatic rings. The number of thiazole rings is 1. The van der Waals surface area contributed by atoms with Gasteiger partial charge in [-0.3, -0.25) is 4.79 Å². The quantitative estimate of drug-likeness (QED) is 0.604. The van der Waals surface area contributed by atoms with Gasteiger partial charge in [-0.25, -0.2) is 9.97 Å². The third-order valence-electron chi connectivity index (χ3n) is 4.20. The lowest BCUT2D eigenvalue weighted by Gasteiger charge is -2.29. The molecule has 6 nitrogen and oxygen atoms in total. The van der Waals surface area contributed by atoms with E-state index in [0.29, 0.717) is 11.4 Å². The first-order valence-electron chi connectivity index (χ1n) is 8.35. The second-order valence-corrected chi connectivity index (χ2v) is 7.87. The molecular weight excluding hydrogens is 429 g/mol. The smallest absolute Gasteiger partial charge is 0.374 e. The summed E-state index contributed by atoms with van der Waals surface area (Å²) in [5.41, 5.74) is -2.57. The summed E-state index contributed by atoms with van der Waals surface area (Å²) in [6.07, 6.45) is -1.99. The van der Waals surface area contributed by atoms with Crippen LogP contribution in [-0.2, 0) is 23.9 Å². The first kappa shape index (κ1) is 21.3. The van der Waals surface area contributed by atoms with Crippen molar-refractivity contribution in [2.75, 3.05) is 5.32 Å². The fourth-order valence-electron chi connectivity index (χ4n) is 2.74. The fourth-order valence-corrected chi connectivity index (χ4v) is 3.80. The van der Waals surface area contributed by atoms with Gasteiger partial charge in [-0.05, 0) is 11.6 Å². The molecule has 11 heteroatoms. The summed E-state index contributed by atoms with van der Waals surface area (Å²) in [6, 6.07) is 7.22. The van der Waals surface area contributed by atoms with E-state index in [9.17, 15) is 23.1 Å². The average Bonchev–Trinajstić information content (AvgIpc) is 3.25. The second kappa shape index (κ2) is 8.13. The van der Waals surface area contributed by atoms with Gasteiger partial charge in [0.2, 0.25) is 11.5 Å². The largest absolute Gasteiger partial charge is 0.425 e. The zero-order valence-corrected chi connectivity index (χ0v) is 16.6. The molecule has 0 saturated carbocycles. The Kier molecular flexibility index (Phi) is 5.97. The summed E-state index contributed by atoms with van der Waals surface area (Å²) in [4.78, 5) is 20.6. The van der Waals surface area contributed by atoms with Crippen molar-refractivity contribution in [3.05, 3.63) is 64.1 Å². The number of amides is 1. The van der Waals surface area contributed by atoms with E-state index in [1.54, 1.807) is 12.1 Å². The highest BCUT2D eigenvalue weighted by molar-refractivity contribution is 7.15. The van der Waals surface area contributed by atoms with E-state index in [1.165, 1.54) is 19.4 Å². The molecule has 0 saturated heterocycles. The Morgan fingerprint density at radius 3 is 2.66 bits per heavy atom. The van der Waals surface area contributed by atoms with Crippen molar-refractivity contribution in [3.8, 4) is 0 Å². The summed E-state index contributed by atoms with van der Waals surface area (Å²) < 4.78 is 41.6. The molecule has 2 heterocycles. The minimum absolute atomic E-state index is 0.126. The number of benzene rings is 1. The number of nitrogens with one attached hydrogen (secondary N) is 1. The van der Waals surface area contributed by atoms with Crippen LogP contribution in [0.15, 0.2) is 42.9 Å². The number of aryl methyl sites for hydroxylation is 1. The molecule has 29 heavy (non-hydrogen) atoms. The number of anilines is 1. The standard InChI is InChI=1S/C18H16ClF3N4O2S/c1-26-7-6-23-15(26)17(28,18(20,21)22)9-14(27)25-16-24-10-12(29-16)8-11-4-2-3-5-13(11)19/h2-7,10,28H,8-9H2,1H3,(H,24,25,27). The van der Waals surface area contributed by atoms with Gasteiger partial charge in [-0.15, -0.1) is 11.3 Å². The molecule has 0 aliphatic heterocycles. The minimum Gasteiger partial charge on any atom is -0.374 e. The molecule has 0 fully saturated rings. The highest BCUT2D eigenvalue weighted by Crippen LogP contribution is 2.41. The molecule has 2 aromatic heterocycles. The van der Waals surface area contributed by atoms with Crippen LogP contribution in [0.1, 0.15) is 22.7 Å². The normalized spacial score (nSPS) is 13.9. The molecule has 1 aromatic carbocycles. The van der Waals surface area contributed by atoms with Crippen LogP contribution in [0.5, 0.6) is 0 Å². The number of imidazole rings is 1. The molecule has 1 atom stereocenters. The minimum atomic E-state index is -5.10. The predicted octanol–water partition coefficient (Wildman–Crippen LogP) is 3.90. The van der Waals surface area contributed by atoms with Crippen molar-refractivity contribution in [1.82, 2.24) is 14.5 Å². The van der Waals surface area contributed by atoms with Gasteiger partial charge in [-0.1, -0.05) is 29.8 Å². The molecule has 2 N–H and O–H groups in total. The number of hydrogen-bond donors (Lipinski definition) is 2. The Morgan fingerprint density at radius 1 is 1.31 bits per heavy atom. The highest BCUT2D eigenvalue weighted by Gasteiger charge is 2.58. The number of nitrogens with zero attached hydrogens (tertiary/aromatic N) is 3. The summed E-state index contributed by atoms with van der Waals surface area (Å²) >= 11 is 7.23. The van der Waals surface area contributed by atoms with E-state index in [1.807, 2.05) is 12.1 Å². The second-order valence-electron chi connectivity index (χ2n) is 6.34. The van der Waals surface area contributed by atoms with Gasteiger partial charge in [-0.2, -0.15) is 13.2 Å². The Hall–Kier alpha value is -2.43. The van der Waals surface area contributed by atoms with Crippen LogP contribution in [-0.4, -0.2) is 31.7 Å². The molecule has 0 spiro atoms. The van der Waals surface area contributed by atoms with Crippen LogP contribution in [0.4, 0.5) is 18.3 Å². The zero-order chi connectivity index (χ0) is 21.2. The molecular formula is C18H16ClF3N4O2S. The van der Waals surface area contributed by atoms with Crippen LogP contribution in [0.3, 0.4) is 0 Å². The van der Waals surface area contributed by atoms with E-state index in [-0.39, 0.29) is 5.13 Å². The molecule has 0 radical (unpaired) electrons. The monoisotopic (exact) mass is 444 g/mol. The predicted molar refractivity (Wildman–Crippen MR) is 103 cm³/mol. The zero-order valence-electron chi connectivity index (χ0n) is 15.1. The van der Waals surface area contributed by atoms with Gasteiger partial charge < -0.3 is 15.0 Å². The Labute approximate surface area is 173 Å². The maximum absolute atomic E-state index is 13.5. The first-order valence-corrected chi connectivity index (χ1v) is 9.54. The van der Waals surface area contributed by atoms with Crippen LogP contribution < -0.4 is 5.32 Å².